The molecule has 1 heterocycles. The number of non-ortho nitro benzene ring substituents is 1. The summed E-state index contributed by atoms with van der Waals surface area (Å²) in [4.78, 5) is 54.5. The van der Waals surface area contributed by atoms with Crippen LogP contribution in [0.15, 0.2) is 115 Å². The topological polar surface area (TPSA) is 141 Å². The molecule has 0 aliphatic rings. The van der Waals surface area contributed by atoms with Crippen LogP contribution in [-0.4, -0.2) is 41.8 Å². The van der Waals surface area contributed by atoms with E-state index >= 15 is 0 Å². The van der Waals surface area contributed by atoms with Crippen molar-refractivity contribution < 1.29 is 28.8 Å². The number of carbonyl (C=O) groups is 3. The normalized spacial score (nSPS) is 10.5. The van der Waals surface area contributed by atoms with E-state index in [9.17, 15) is 24.5 Å². The number of nitrogens with zero attached hydrogens (tertiary/aromatic N) is 3. The Morgan fingerprint density at radius 1 is 0.848 bits per heavy atom. The third-order valence-corrected chi connectivity index (χ3v) is 7.10. The molecule has 2 amide bonds. The van der Waals surface area contributed by atoms with E-state index in [1.807, 2.05) is 0 Å². The van der Waals surface area contributed by atoms with Crippen LogP contribution in [0.5, 0.6) is 5.75 Å². The number of amides is 2. The minimum atomic E-state index is -0.481. The third-order valence-electron chi connectivity index (χ3n) is 7.10. The Hall–Kier alpha value is -6.36. The van der Waals surface area contributed by atoms with Crippen molar-refractivity contribution in [1.82, 2.24) is 4.98 Å². The Balaban J connectivity index is 1.25. The Kier molecular flexibility index (Phi) is 9.43. The van der Waals surface area contributed by atoms with Crippen molar-refractivity contribution >= 4 is 34.8 Å². The van der Waals surface area contributed by atoms with Gasteiger partial charge < -0.3 is 19.7 Å². The van der Waals surface area contributed by atoms with E-state index in [0.29, 0.717) is 50.6 Å². The summed E-state index contributed by atoms with van der Waals surface area (Å²) in [5.74, 6) is -0.678. The standard InChI is InChI=1S/C35H28N4O7/c1-38(31-9-5-6-10-32(31)46-22-27-18-13-25(21-36-27)35(42)45-2)34(41)24-11-16-26(17-12-24)37-33(40)30-8-4-3-7-29(30)23-14-19-28(20-15-23)39(43)44/h3-21H,22H2,1-2H3,(H,37,40). The number of aromatic nitrogens is 1. The van der Waals surface area contributed by atoms with Gasteiger partial charge in [0.1, 0.15) is 12.4 Å². The molecule has 5 rings (SSSR count). The van der Waals surface area contributed by atoms with Gasteiger partial charge in [-0.2, -0.15) is 0 Å². The van der Waals surface area contributed by atoms with Crippen molar-refractivity contribution in [2.45, 2.75) is 6.61 Å². The van der Waals surface area contributed by atoms with Crippen LogP contribution < -0.4 is 15.0 Å². The van der Waals surface area contributed by atoms with Crippen LogP contribution >= 0.6 is 0 Å². The third kappa shape index (κ3) is 7.05. The zero-order valence-electron chi connectivity index (χ0n) is 24.9. The summed E-state index contributed by atoms with van der Waals surface area (Å²) in [6.45, 7) is 0.113. The lowest BCUT2D eigenvalue weighted by molar-refractivity contribution is -0.384. The number of nitrogens with one attached hydrogen (secondary N) is 1. The van der Waals surface area contributed by atoms with Crippen molar-refractivity contribution in [2.75, 3.05) is 24.4 Å². The van der Waals surface area contributed by atoms with Gasteiger partial charge in [0.2, 0.25) is 0 Å². The van der Waals surface area contributed by atoms with Gasteiger partial charge in [-0.3, -0.25) is 24.7 Å². The number of carbonyl (C=O) groups excluding carboxylic acids is 3. The number of methoxy groups -OCH3 is 1. The molecule has 1 aromatic heterocycles. The molecule has 0 bridgehead atoms. The molecule has 0 saturated carbocycles. The van der Waals surface area contributed by atoms with E-state index in [1.165, 1.54) is 30.3 Å². The van der Waals surface area contributed by atoms with E-state index in [4.69, 9.17) is 9.47 Å². The minimum Gasteiger partial charge on any atom is -0.485 e. The van der Waals surface area contributed by atoms with Gasteiger partial charge in [-0.1, -0.05) is 30.3 Å². The molecule has 11 heteroatoms. The number of esters is 1. The molecule has 0 spiro atoms. The molecule has 0 unspecified atom stereocenters. The lowest BCUT2D eigenvalue weighted by Crippen LogP contribution is -2.26. The summed E-state index contributed by atoms with van der Waals surface area (Å²) >= 11 is 0. The number of benzene rings is 4. The van der Waals surface area contributed by atoms with Crippen LogP contribution in [-0.2, 0) is 11.3 Å². The highest BCUT2D eigenvalue weighted by atomic mass is 16.6. The molecule has 11 nitrogen and oxygen atoms in total. The first-order valence-electron chi connectivity index (χ1n) is 14.0. The summed E-state index contributed by atoms with van der Waals surface area (Å²) in [5.41, 5.74) is 3.97. The maximum Gasteiger partial charge on any atom is 0.339 e. The molecule has 230 valence electrons. The van der Waals surface area contributed by atoms with E-state index in [1.54, 1.807) is 104 Å². The fourth-order valence-corrected chi connectivity index (χ4v) is 4.65. The number of pyridine rings is 1. The first kappa shape index (κ1) is 31.1. The second kappa shape index (κ2) is 14.0. The van der Waals surface area contributed by atoms with Gasteiger partial charge in [-0.15, -0.1) is 0 Å². The monoisotopic (exact) mass is 616 g/mol. The quantitative estimate of drug-likeness (QED) is 0.106. The van der Waals surface area contributed by atoms with Crippen molar-refractivity contribution in [2.24, 2.45) is 0 Å². The first-order valence-corrected chi connectivity index (χ1v) is 14.0. The van der Waals surface area contributed by atoms with Gasteiger partial charge >= 0.3 is 5.97 Å². The minimum absolute atomic E-state index is 0.0387. The van der Waals surface area contributed by atoms with Crippen molar-refractivity contribution in [1.29, 1.82) is 0 Å². The van der Waals surface area contributed by atoms with Gasteiger partial charge in [0.05, 0.1) is 29.0 Å². The Bertz CT molecular complexity index is 1890. The van der Waals surface area contributed by atoms with Crippen LogP contribution in [0, 0.1) is 10.1 Å². The number of anilines is 2. The summed E-state index contributed by atoms with van der Waals surface area (Å²) in [7, 11) is 2.94. The molecule has 0 fully saturated rings. The SMILES string of the molecule is COC(=O)c1ccc(COc2ccccc2N(C)C(=O)c2ccc(NC(=O)c3ccccc3-c3ccc([N+](=O)[O-])cc3)cc2)nc1. The van der Waals surface area contributed by atoms with Gasteiger partial charge in [0, 0.05) is 42.2 Å². The smallest absolute Gasteiger partial charge is 0.339 e. The molecule has 46 heavy (non-hydrogen) atoms. The summed E-state index contributed by atoms with van der Waals surface area (Å²) < 4.78 is 10.7. The fraction of sp³-hybridized carbons (Fsp3) is 0.0857. The zero-order chi connectivity index (χ0) is 32.6. The zero-order valence-corrected chi connectivity index (χ0v) is 24.9. The average Bonchev–Trinajstić information content (AvgIpc) is 3.10. The number of para-hydroxylation sites is 2. The molecule has 0 atom stereocenters. The van der Waals surface area contributed by atoms with Gasteiger partial charge in [-0.05, 0) is 77.9 Å². The Morgan fingerprint density at radius 2 is 1.52 bits per heavy atom. The fourth-order valence-electron chi connectivity index (χ4n) is 4.65. The highest BCUT2D eigenvalue weighted by Crippen LogP contribution is 2.30. The number of nitro groups is 1. The predicted octanol–water partition coefficient (Wildman–Crippen LogP) is 6.55. The van der Waals surface area contributed by atoms with Gasteiger partial charge in [0.25, 0.3) is 17.5 Å². The molecule has 1 N–H and O–H groups in total. The average molecular weight is 617 g/mol. The summed E-state index contributed by atoms with van der Waals surface area (Å²) in [6.07, 6.45) is 1.41. The molecule has 0 aliphatic heterocycles. The second-order valence-corrected chi connectivity index (χ2v) is 10.0. The van der Waals surface area contributed by atoms with Crippen LogP contribution in [0.4, 0.5) is 17.1 Å². The molecule has 4 aromatic carbocycles. The Morgan fingerprint density at radius 3 is 2.20 bits per heavy atom. The predicted molar refractivity (Wildman–Crippen MR) is 172 cm³/mol. The van der Waals surface area contributed by atoms with E-state index < -0.39 is 10.9 Å². The van der Waals surface area contributed by atoms with E-state index in [0.717, 1.165) is 0 Å². The summed E-state index contributed by atoms with van der Waals surface area (Å²) in [5, 5.41) is 13.9. The maximum absolute atomic E-state index is 13.4. The van der Waals surface area contributed by atoms with E-state index in [2.05, 4.69) is 10.3 Å². The molecular weight excluding hydrogens is 588 g/mol. The van der Waals surface area contributed by atoms with Gasteiger partial charge in [0.15, 0.2) is 0 Å². The lowest BCUT2D eigenvalue weighted by Gasteiger charge is -2.21. The van der Waals surface area contributed by atoms with Crippen molar-refractivity contribution in [3.05, 3.63) is 148 Å². The lowest BCUT2D eigenvalue weighted by atomic mass is 9.99. The molecule has 0 radical (unpaired) electrons. The molecular formula is C35H28N4O7. The van der Waals surface area contributed by atoms with Crippen LogP contribution in [0.3, 0.4) is 0 Å². The molecule has 5 aromatic rings. The Labute approximate surface area is 264 Å². The van der Waals surface area contributed by atoms with E-state index in [-0.39, 0.29) is 24.1 Å². The number of ether oxygens (including phenoxy) is 2. The maximum atomic E-state index is 13.4. The highest BCUT2D eigenvalue weighted by molar-refractivity contribution is 6.09. The highest BCUT2D eigenvalue weighted by Gasteiger charge is 2.19. The number of rotatable bonds is 10. The second-order valence-electron chi connectivity index (χ2n) is 10.0. The first-order chi connectivity index (χ1) is 22.2. The van der Waals surface area contributed by atoms with Crippen molar-refractivity contribution in [3.63, 3.8) is 0 Å². The number of nitro benzene ring substituents is 1. The van der Waals surface area contributed by atoms with Gasteiger partial charge in [-0.25, -0.2) is 4.79 Å². The molecule has 0 saturated heterocycles. The largest absolute Gasteiger partial charge is 0.485 e. The van der Waals surface area contributed by atoms with Crippen LogP contribution in [0.25, 0.3) is 11.1 Å². The molecule has 0 aliphatic carbocycles. The number of hydrogen-bond donors (Lipinski definition) is 1. The van der Waals surface area contributed by atoms with Crippen molar-refractivity contribution in [3.8, 4) is 16.9 Å². The van der Waals surface area contributed by atoms with Crippen LogP contribution in [0.1, 0.15) is 36.8 Å². The van der Waals surface area contributed by atoms with Crippen LogP contribution in [0.2, 0.25) is 0 Å². The summed E-state index contributed by atoms with van der Waals surface area (Å²) in [6, 6.07) is 29.8. The number of hydrogen-bond acceptors (Lipinski definition) is 8.